The molecule has 0 radical (unpaired) electrons. The van der Waals surface area contributed by atoms with Crippen LogP contribution in [0.25, 0.3) is 0 Å². The zero-order chi connectivity index (χ0) is 17.3. The van der Waals surface area contributed by atoms with Gasteiger partial charge in [-0.25, -0.2) is 0 Å². The molecule has 0 aromatic heterocycles. The summed E-state index contributed by atoms with van der Waals surface area (Å²) in [5, 5.41) is 11.9. The van der Waals surface area contributed by atoms with Crippen LogP contribution in [-0.2, 0) is 9.59 Å². The van der Waals surface area contributed by atoms with Crippen molar-refractivity contribution in [3.05, 3.63) is 0 Å². The Morgan fingerprint density at radius 3 is 2.52 bits per heavy atom. The topological polar surface area (TPSA) is 69.6 Å². The highest BCUT2D eigenvalue weighted by Crippen LogP contribution is 2.15. The van der Waals surface area contributed by atoms with E-state index in [-0.39, 0.29) is 11.8 Å². The quantitative estimate of drug-likeness (QED) is 0.441. The van der Waals surface area contributed by atoms with Crippen molar-refractivity contribution in [2.45, 2.75) is 39.0 Å². The maximum atomic E-state index is 11.9. The largest absolute Gasteiger partial charge is 0.481 e. The lowest BCUT2D eigenvalue weighted by Gasteiger charge is -2.29. The first-order valence-corrected chi connectivity index (χ1v) is 8.88. The number of nitrogens with zero attached hydrogens (tertiary/aromatic N) is 2. The highest BCUT2D eigenvalue weighted by Gasteiger charge is 2.28. The third kappa shape index (κ3) is 8.32. The number of hydrogen-bond donors (Lipinski definition) is 2. The van der Waals surface area contributed by atoms with Crippen molar-refractivity contribution in [3.63, 3.8) is 0 Å². The van der Waals surface area contributed by atoms with Gasteiger partial charge in [0.2, 0.25) is 5.91 Å². The van der Waals surface area contributed by atoms with Crippen LogP contribution in [0.4, 0.5) is 0 Å². The van der Waals surface area contributed by atoms with E-state index < -0.39 is 5.97 Å². The van der Waals surface area contributed by atoms with Gasteiger partial charge in [-0.05, 0) is 32.2 Å². The summed E-state index contributed by atoms with van der Waals surface area (Å²) in [6, 6.07) is 0. The molecule has 2 N–H and O–H groups in total. The molecule has 0 bridgehead atoms. The van der Waals surface area contributed by atoms with Crippen LogP contribution in [-0.4, -0.2) is 79.7 Å². The molecule has 1 atom stereocenters. The highest BCUT2D eigenvalue weighted by molar-refractivity contribution is 5.78. The Bertz CT molecular complexity index is 385. The number of nitrogens with one attached hydrogen (secondary N) is 1. The Kier molecular flexibility index (Phi) is 8.55. The number of carboxylic acid groups (broad SMARTS) is 1. The molecule has 1 aliphatic rings. The summed E-state index contributed by atoms with van der Waals surface area (Å²) >= 11 is 0. The molecule has 1 saturated heterocycles. The van der Waals surface area contributed by atoms with E-state index in [2.05, 4.69) is 26.3 Å². The average molecular weight is 328 g/mol. The number of rotatable bonds is 11. The van der Waals surface area contributed by atoms with Crippen LogP contribution >= 0.6 is 0 Å². The van der Waals surface area contributed by atoms with Crippen molar-refractivity contribution in [2.24, 2.45) is 5.92 Å². The third-order valence-corrected chi connectivity index (χ3v) is 4.62. The smallest absolute Gasteiger partial charge is 0.307 e. The van der Waals surface area contributed by atoms with Gasteiger partial charge in [0, 0.05) is 13.1 Å². The van der Waals surface area contributed by atoms with Crippen LogP contribution in [0.2, 0.25) is 0 Å². The molecule has 6 nitrogen and oxygen atoms in total. The van der Waals surface area contributed by atoms with Crippen LogP contribution < -0.4 is 5.32 Å². The second-order valence-corrected chi connectivity index (χ2v) is 7.35. The maximum absolute atomic E-state index is 11.9. The average Bonchev–Trinajstić information content (AvgIpc) is 2.93. The van der Waals surface area contributed by atoms with E-state index in [1.54, 1.807) is 0 Å². The second-order valence-electron chi connectivity index (χ2n) is 7.35. The molecule has 1 fully saturated rings. The van der Waals surface area contributed by atoms with E-state index in [9.17, 15) is 9.59 Å². The van der Waals surface area contributed by atoms with Crippen molar-refractivity contribution in [3.8, 4) is 0 Å². The monoisotopic (exact) mass is 328 g/mol. The summed E-state index contributed by atoms with van der Waals surface area (Å²) in [5.74, 6) is -1.06. The van der Waals surface area contributed by atoms with Crippen molar-refractivity contribution in [2.75, 3.05) is 53.4 Å². The summed E-state index contributed by atoms with van der Waals surface area (Å²) < 4.78 is 1.05. The Morgan fingerprint density at radius 1 is 1.22 bits per heavy atom. The van der Waals surface area contributed by atoms with Gasteiger partial charge in [0.25, 0.3) is 0 Å². The normalized spacial score (nSPS) is 19.0. The lowest BCUT2D eigenvalue weighted by atomic mass is 10.1. The first kappa shape index (κ1) is 19.9. The van der Waals surface area contributed by atoms with Crippen molar-refractivity contribution in [1.29, 1.82) is 0 Å². The van der Waals surface area contributed by atoms with Gasteiger partial charge >= 0.3 is 5.97 Å². The number of likely N-dealkylation sites (tertiary alicyclic amines) is 1. The number of carboxylic acids is 1. The Balaban J connectivity index is 2.07. The van der Waals surface area contributed by atoms with E-state index in [4.69, 9.17) is 5.11 Å². The van der Waals surface area contributed by atoms with E-state index in [1.165, 1.54) is 19.4 Å². The highest BCUT2D eigenvalue weighted by atomic mass is 16.4. The molecule has 134 valence electrons. The van der Waals surface area contributed by atoms with Crippen LogP contribution in [0, 0.1) is 5.92 Å². The first-order chi connectivity index (χ1) is 10.8. The number of carbonyl (C=O) groups excluding carboxylic acids is 1. The molecule has 1 aliphatic heterocycles. The lowest BCUT2D eigenvalue weighted by molar-refractivity contribution is -0.890. The molecule has 0 spiro atoms. The van der Waals surface area contributed by atoms with Gasteiger partial charge in [-0.15, -0.1) is 0 Å². The number of aliphatic carboxylic acids is 1. The standard InChI is InChI=1S/C17H33N3O3/c1-4-5-11-20(2,3)12-7-6-9-18-16(21)14-19-10-8-15(13-19)17(22)23/h15H,4-14H2,1-3H3,(H-,18,21,22,23)/p+1. The van der Waals surface area contributed by atoms with Crippen molar-refractivity contribution in [1.82, 2.24) is 10.2 Å². The fourth-order valence-electron chi connectivity index (χ4n) is 3.03. The third-order valence-electron chi connectivity index (χ3n) is 4.62. The molecular weight excluding hydrogens is 294 g/mol. The van der Waals surface area contributed by atoms with Gasteiger partial charge in [-0.3, -0.25) is 14.5 Å². The Hall–Kier alpha value is -1.14. The fraction of sp³-hybridized carbons (Fsp3) is 0.882. The van der Waals surface area contributed by atoms with Crippen molar-refractivity contribution >= 4 is 11.9 Å². The molecule has 0 aromatic carbocycles. The molecular formula is C17H34N3O3+. The number of quaternary nitrogens is 1. The van der Waals surface area contributed by atoms with E-state index in [0.717, 1.165) is 23.9 Å². The van der Waals surface area contributed by atoms with Gasteiger partial charge < -0.3 is 14.9 Å². The number of carbonyl (C=O) groups is 2. The van der Waals surface area contributed by atoms with Gasteiger partial charge in [-0.1, -0.05) is 13.3 Å². The number of amides is 1. The van der Waals surface area contributed by atoms with Crippen molar-refractivity contribution < 1.29 is 19.2 Å². The van der Waals surface area contributed by atoms with E-state index >= 15 is 0 Å². The maximum Gasteiger partial charge on any atom is 0.307 e. The Labute approximate surface area is 140 Å². The van der Waals surface area contributed by atoms with E-state index in [1.807, 2.05) is 4.90 Å². The SMILES string of the molecule is CCCC[N+](C)(C)CCCCNC(=O)CN1CCC(C(=O)O)C1. The van der Waals surface area contributed by atoms with E-state index in [0.29, 0.717) is 32.6 Å². The first-order valence-electron chi connectivity index (χ1n) is 8.88. The fourth-order valence-corrected chi connectivity index (χ4v) is 3.03. The zero-order valence-corrected chi connectivity index (χ0v) is 15.0. The summed E-state index contributed by atoms with van der Waals surface area (Å²) in [7, 11) is 4.53. The Morgan fingerprint density at radius 2 is 1.91 bits per heavy atom. The molecule has 6 heteroatoms. The predicted molar refractivity (Wildman–Crippen MR) is 91.2 cm³/mol. The zero-order valence-electron chi connectivity index (χ0n) is 15.0. The minimum Gasteiger partial charge on any atom is -0.481 e. The minimum atomic E-state index is -0.753. The van der Waals surface area contributed by atoms with Crippen LogP contribution in [0.3, 0.4) is 0 Å². The van der Waals surface area contributed by atoms with Gasteiger partial charge in [0.15, 0.2) is 0 Å². The van der Waals surface area contributed by atoms with Crippen LogP contribution in [0.1, 0.15) is 39.0 Å². The molecule has 1 heterocycles. The summed E-state index contributed by atoms with van der Waals surface area (Å²) in [6.07, 6.45) is 5.25. The molecule has 0 saturated carbocycles. The van der Waals surface area contributed by atoms with Crippen LogP contribution in [0.5, 0.6) is 0 Å². The molecule has 1 unspecified atom stereocenters. The van der Waals surface area contributed by atoms with Gasteiger partial charge in [-0.2, -0.15) is 0 Å². The number of hydrogen-bond acceptors (Lipinski definition) is 3. The lowest BCUT2D eigenvalue weighted by Crippen LogP contribution is -2.41. The molecule has 1 amide bonds. The molecule has 0 aliphatic carbocycles. The number of unbranched alkanes of at least 4 members (excludes halogenated alkanes) is 2. The molecule has 23 heavy (non-hydrogen) atoms. The molecule has 1 rings (SSSR count). The molecule has 0 aromatic rings. The predicted octanol–water partition coefficient (Wildman–Crippen LogP) is 1.17. The summed E-state index contributed by atoms with van der Waals surface area (Å²) in [4.78, 5) is 24.7. The minimum absolute atomic E-state index is 0.00997. The van der Waals surface area contributed by atoms with Gasteiger partial charge in [0.05, 0.1) is 39.6 Å². The summed E-state index contributed by atoms with van der Waals surface area (Å²) in [6.45, 7) is 6.80. The van der Waals surface area contributed by atoms with Gasteiger partial charge in [0.1, 0.15) is 0 Å². The van der Waals surface area contributed by atoms with Crippen LogP contribution in [0.15, 0.2) is 0 Å². The summed E-state index contributed by atoms with van der Waals surface area (Å²) in [5.41, 5.74) is 0. The second kappa shape index (κ2) is 9.88.